The number of methoxy groups -OCH3 is 1. The number of carbonyl (C=O) groups is 1. The predicted octanol–water partition coefficient (Wildman–Crippen LogP) is 1.18. The first kappa shape index (κ1) is 19.8. The van der Waals surface area contributed by atoms with Gasteiger partial charge in [-0.3, -0.25) is 5.32 Å². The van der Waals surface area contributed by atoms with Gasteiger partial charge in [-0.05, 0) is 18.4 Å². The quantitative estimate of drug-likeness (QED) is 0.766. The number of amides is 2. The second kappa shape index (κ2) is 7.97. The molecular weight excluding hydrogens is 372 g/mol. The number of rotatable bonds is 6. The molecule has 2 amide bonds. The van der Waals surface area contributed by atoms with Gasteiger partial charge in [0.05, 0.1) is 23.7 Å². The van der Waals surface area contributed by atoms with Crippen LogP contribution >= 0.6 is 0 Å². The lowest BCUT2D eigenvalue weighted by atomic mass is 10.0. The summed E-state index contributed by atoms with van der Waals surface area (Å²) in [6, 6.07) is 2.87. The third-order valence-electron chi connectivity index (χ3n) is 5.05. The van der Waals surface area contributed by atoms with Gasteiger partial charge in [-0.25, -0.2) is 13.2 Å². The lowest BCUT2D eigenvalue weighted by Crippen LogP contribution is -2.36. The number of fused-ring (bicyclic) bond motifs is 1. The third-order valence-corrected chi connectivity index (χ3v) is 7.27. The monoisotopic (exact) mass is 398 g/mol. The van der Waals surface area contributed by atoms with E-state index in [-0.39, 0.29) is 24.3 Å². The van der Waals surface area contributed by atoms with E-state index in [1.807, 2.05) is 0 Å². The topological polar surface area (TPSA) is 111 Å². The minimum absolute atomic E-state index is 0.0258. The molecule has 3 rings (SSSR count). The van der Waals surface area contributed by atoms with Crippen LogP contribution in [0, 0.1) is 11.8 Å². The van der Waals surface area contributed by atoms with E-state index in [1.165, 1.54) is 12.0 Å². The van der Waals surface area contributed by atoms with Gasteiger partial charge >= 0.3 is 6.03 Å². The van der Waals surface area contributed by atoms with Crippen molar-refractivity contribution < 1.29 is 22.7 Å². The van der Waals surface area contributed by atoms with Gasteiger partial charge in [0.15, 0.2) is 15.7 Å². The molecule has 1 aromatic rings. The standard InChI is InChI=1S/C17H26N4O5S/c1-11(2)6-7-26-16-5-4-15(19-20-16)18-17(22)21-8-12-13(25-3)10-27(23,24)14(12)9-21/h4-5,11-14H,6-10H2,1-3H3,(H,18,19,22)/t12-,13-,14-/m1/s1. The van der Waals surface area contributed by atoms with Crippen molar-refractivity contribution >= 4 is 21.7 Å². The summed E-state index contributed by atoms with van der Waals surface area (Å²) in [6.45, 7) is 5.30. The number of nitrogens with one attached hydrogen (secondary N) is 1. The van der Waals surface area contributed by atoms with Gasteiger partial charge < -0.3 is 14.4 Å². The Morgan fingerprint density at radius 3 is 2.74 bits per heavy atom. The molecule has 0 aliphatic carbocycles. The lowest BCUT2D eigenvalue weighted by Gasteiger charge is -2.19. The molecule has 0 bridgehead atoms. The van der Waals surface area contributed by atoms with Crippen LogP contribution in [0.3, 0.4) is 0 Å². The molecule has 1 aromatic heterocycles. The summed E-state index contributed by atoms with van der Waals surface area (Å²) < 4.78 is 35.3. The number of likely N-dealkylation sites (tertiary alicyclic amines) is 1. The molecule has 1 N–H and O–H groups in total. The van der Waals surface area contributed by atoms with E-state index in [0.717, 1.165) is 6.42 Å². The summed E-state index contributed by atoms with van der Waals surface area (Å²) in [7, 11) is -1.73. The summed E-state index contributed by atoms with van der Waals surface area (Å²) in [5, 5.41) is 9.98. The number of hydrogen-bond donors (Lipinski definition) is 1. The van der Waals surface area contributed by atoms with Gasteiger partial charge in [-0.15, -0.1) is 10.2 Å². The first-order valence-corrected chi connectivity index (χ1v) is 10.8. The molecule has 10 heteroatoms. The minimum Gasteiger partial charge on any atom is -0.477 e. The van der Waals surface area contributed by atoms with Crippen molar-refractivity contribution in [3.05, 3.63) is 12.1 Å². The molecule has 3 heterocycles. The number of sulfone groups is 1. The van der Waals surface area contributed by atoms with E-state index >= 15 is 0 Å². The predicted molar refractivity (Wildman–Crippen MR) is 99.4 cm³/mol. The Balaban J connectivity index is 1.55. The normalized spacial score (nSPS) is 26.2. The Kier molecular flexibility index (Phi) is 5.85. The van der Waals surface area contributed by atoms with Crippen LogP contribution in [-0.4, -0.2) is 73.5 Å². The third kappa shape index (κ3) is 4.49. The molecule has 3 atom stereocenters. The minimum atomic E-state index is -3.24. The first-order chi connectivity index (χ1) is 12.8. The Labute approximate surface area is 159 Å². The van der Waals surface area contributed by atoms with Crippen LogP contribution in [0.25, 0.3) is 0 Å². The highest BCUT2D eigenvalue weighted by Crippen LogP contribution is 2.35. The van der Waals surface area contributed by atoms with E-state index in [0.29, 0.717) is 30.8 Å². The maximum Gasteiger partial charge on any atom is 0.323 e. The largest absolute Gasteiger partial charge is 0.477 e. The molecule has 0 radical (unpaired) electrons. The fraction of sp³-hybridized carbons (Fsp3) is 0.706. The second-order valence-electron chi connectivity index (χ2n) is 7.43. The maximum atomic E-state index is 12.5. The molecule has 2 aliphatic rings. The average molecular weight is 398 g/mol. The van der Waals surface area contributed by atoms with Gasteiger partial charge in [-0.1, -0.05) is 13.8 Å². The number of anilines is 1. The van der Waals surface area contributed by atoms with Crippen molar-refractivity contribution in [2.24, 2.45) is 11.8 Å². The van der Waals surface area contributed by atoms with E-state index < -0.39 is 21.1 Å². The average Bonchev–Trinajstić information content (AvgIpc) is 3.16. The van der Waals surface area contributed by atoms with Crippen LogP contribution in [0.2, 0.25) is 0 Å². The fourth-order valence-electron chi connectivity index (χ4n) is 3.47. The molecule has 150 valence electrons. The van der Waals surface area contributed by atoms with E-state index in [9.17, 15) is 13.2 Å². The molecule has 9 nitrogen and oxygen atoms in total. The molecule has 0 saturated carbocycles. The summed E-state index contributed by atoms with van der Waals surface area (Å²) in [5.74, 6) is 1.07. The highest BCUT2D eigenvalue weighted by molar-refractivity contribution is 7.92. The molecule has 27 heavy (non-hydrogen) atoms. The van der Waals surface area contributed by atoms with Crippen LogP contribution < -0.4 is 10.1 Å². The van der Waals surface area contributed by atoms with Crippen molar-refractivity contribution in [2.75, 3.05) is 37.9 Å². The SMILES string of the molecule is CO[C@@H]1CS(=O)(=O)[C@@H]2CN(C(=O)Nc3ccc(OCCC(C)C)nn3)C[C@@H]21. The highest BCUT2D eigenvalue weighted by Gasteiger charge is 2.53. The Hall–Kier alpha value is -1.94. The molecular formula is C17H26N4O5S. The number of nitrogens with zero attached hydrogens (tertiary/aromatic N) is 3. The van der Waals surface area contributed by atoms with E-state index in [4.69, 9.17) is 9.47 Å². The second-order valence-corrected chi connectivity index (χ2v) is 9.69. The van der Waals surface area contributed by atoms with Crippen molar-refractivity contribution in [1.82, 2.24) is 15.1 Å². The van der Waals surface area contributed by atoms with Crippen LogP contribution in [0.4, 0.5) is 10.6 Å². The van der Waals surface area contributed by atoms with Crippen LogP contribution in [0.1, 0.15) is 20.3 Å². The number of ether oxygens (including phenoxy) is 2. The molecule has 0 unspecified atom stereocenters. The number of urea groups is 1. The Morgan fingerprint density at radius 1 is 1.33 bits per heavy atom. The van der Waals surface area contributed by atoms with Gasteiger partial charge in [0.25, 0.3) is 0 Å². The number of hydrogen-bond acceptors (Lipinski definition) is 7. The Morgan fingerprint density at radius 2 is 2.11 bits per heavy atom. The summed E-state index contributed by atoms with van der Waals surface area (Å²) in [6.07, 6.45) is 0.558. The Bertz CT molecular complexity index is 768. The highest BCUT2D eigenvalue weighted by atomic mass is 32.2. The van der Waals surface area contributed by atoms with Gasteiger partial charge in [0.1, 0.15) is 0 Å². The van der Waals surface area contributed by atoms with Gasteiger partial charge in [0, 0.05) is 32.2 Å². The number of carbonyl (C=O) groups excluding carboxylic acids is 1. The fourth-order valence-corrected chi connectivity index (χ4v) is 5.76. The number of aromatic nitrogens is 2. The zero-order valence-corrected chi connectivity index (χ0v) is 16.6. The lowest BCUT2D eigenvalue weighted by molar-refractivity contribution is 0.0825. The van der Waals surface area contributed by atoms with E-state index in [2.05, 4.69) is 29.4 Å². The van der Waals surface area contributed by atoms with Crippen LogP contribution in [-0.2, 0) is 14.6 Å². The van der Waals surface area contributed by atoms with E-state index in [1.54, 1.807) is 12.1 Å². The van der Waals surface area contributed by atoms with Crippen LogP contribution in [0.5, 0.6) is 5.88 Å². The van der Waals surface area contributed by atoms with Gasteiger partial charge in [0.2, 0.25) is 5.88 Å². The van der Waals surface area contributed by atoms with Crippen molar-refractivity contribution in [3.8, 4) is 5.88 Å². The molecule has 2 saturated heterocycles. The van der Waals surface area contributed by atoms with Gasteiger partial charge in [-0.2, -0.15) is 0 Å². The molecule has 2 aliphatic heterocycles. The van der Waals surface area contributed by atoms with Crippen molar-refractivity contribution in [3.63, 3.8) is 0 Å². The van der Waals surface area contributed by atoms with Crippen molar-refractivity contribution in [2.45, 2.75) is 31.6 Å². The first-order valence-electron chi connectivity index (χ1n) is 9.07. The summed E-state index contributed by atoms with van der Waals surface area (Å²) >= 11 is 0. The zero-order chi connectivity index (χ0) is 19.6. The summed E-state index contributed by atoms with van der Waals surface area (Å²) in [4.78, 5) is 14.0. The molecule has 2 fully saturated rings. The molecule has 0 spiro atoms. The zero-order valence-electron chi connectivity index (χ0n) is 15.8. The maximum absolute atomic E-state index is 12.5. The molecule has 0 aromatic carbocycles. The van der Waals surface area contributed by atoms with Crippen LogP contribution in [0.15, 0.2) is 12.1 Å². The van der Waals surface area contributed by atoms with Crippen molar-refractivity contribution in [1.29, 1.82) is 0 Å². The summed E-state index contributed by atoms with van der Waals surface area (Å²) in [5.41, 5.74) is 0. The smallest absolute Gasteiger partial charge is 0.323 e.